The van der Waals surface area contributed by atoms with Gasteiger partial charge in [0.1, 0.15) is 6.61 Å². The van der Waals surface area contributed by atoms with Crippen LogP contribution in [0.3, 0.4) is 0 Å². The zero-order chi connectivity index (χ0) is 17.7. The molecule has 0 spiro atoms. The summed E-state index contributed by atoms with van der Waals surface area (Å²) in [6.45, 7) is -0.937. The Balaban J connectivity index is 4.86. The number of unbranched alkanes of at least 4 members (excludes halogenated alkanes) is 3. The maximum absolute atomic E-state index is 13.3. The Hall–Kier alpha value is -0.860. The molecule has 1 N–H and O–H groups in total. The monoisotopic (exact) mass is 342 g/mol. The summed E-state index contributed by atoms with van der Waals surface area (Å²) in [5, 5.41) is 8.04. The number of rotatable bonds is 10. The lowest BCUT2D eigenvalue weighted by Crippen LogP contribution is -2.63. The summed E-state index contributed by atoms with van der Waals surface area (Å²) < 4.78 is 104. The Kier molecular flexibility index (Phi) is 7.31. The fraction of sp³-hybridized carbons (Fsp3) is 0.846. The highest BCUT2D eigenvalue weighted by atomic mass is 19.4. The number of allylic oxidation sites excluding steroid dienone is 2. The van der Waals surface area contributed by atoms with Crippen molar-refractivity contribution in [3.8, 4) is 0 Å². The molecule has 0 atom stereocenters. The Bertz CT molecular complexity index is 365. The van der Waals surface area contributed by atoms with Gasteiger partial charge in [-0.05, 0) is 26.2 Å². The Labute approximate surface area is 123 Å². The van der Waals surface area contributed by atoms with Crippen LogP contribution >= 0.6 is 0 Å². The Morgan fingerprint density at radius 3 is 1.73 bits per heavy atom. The number of hydrogen-bond acceptors (Lipinski definition) is 1. The molecule has 0 aliphatic heterocycles. The molecule has 0 aliphatic carbocycles. The highest BCUT2D eigenvalue weighted by Gasteiger charge is 2.79. The van der Waals surface area contributed by atoms with Crippen LogP contribution in [0.15, 0.2) is 12.2 Å². The average molecular weight is 342 g/mol. The van der Waals surface area contributed by atoms with E-state index < -0.39 is 43.1 Å². The van der Waals surface area contributed by atoms with E-state index in [1.165, 1.54) is 0 Å². The van der Waals surface area contributed by atoms with Crippen LogP contribution in [0.2, 0.25) is 0 Å². The van der Waals surface area contributed by atoms with Crippen LogP contribution in [0.5, 0.6) is 0 Å². The van der Waals surface area contributed by atoms with Gasteiger partial charge in [-0.3, -0.25) is 0 Å². The molecular formula is C13H18F8O. The third-order valence-electron chi connectivity index (χ3n) is 3.11. The second kappa shape index (κ2) is 7.61. The minimum absolute atomic E-state index is 0.0674. The highest BCUT2D eigenvalue weighted by Crippen LogP contribution is 2.53. The SMILES string of the molecule is C/C=C/CCCCCC(F)(F)C(F)(F)C(F)(F)C(F)(F)CO. The maximum Gasteiger partial charge on any atom is 0.380 e. The summed E-state index contributed by atoms with van der Waals surface area (Å²) in [5.41, 5.74) is 0. The van der Waals surface area contributed by atoms with Gasteiger partial charge in [0.25, 0.3) is 0 Å². The van der Waals surface area contributed by atoms with Gasteiger partial charge in [-0.1, -0.05) is 18.6 Å². The van der Waals surface area contributed by atoms with Crippen LogP contribution in [-0.4, -0.2) is 35.4 Å². The van der Waals surface area contributed by atoms with E-state index in [2.05, 4.69) is 0 Å². The molecule has 0 heterocycles. The van der Waals surface area contributed by atoms with E-state index >= 15 is 0 Å². The predicted octanol–water partition coefficient (Wildman–Crippen LogP) is 5.05. The van der Waals surface area contributed by atoms with E-state index in [1.807, 2.05) is 0 Å². The van der Waals surface area contributed by atoms with E-state index in [0.717, 1.165) is 0 Å². The van der Waals surface area contributed by atoms with E-state index in [9.17, 15) is 35.1 Å². The molecule has 132 valence electrons. The van der Waals surface area contributed by atoms with Crippen molar-refractivity contribution in [3.63, 3.8) is 0 Å². The molecule has 0 rings (SSSR count). The third-order valence-corrected chi connectivity index (χ3v) is 3.11. The van der Waals surface area contributed by atoms with Crippen LogP contribution in [0.1, 0.15) is 39.0 Å². The van der Waals surface area contributed by atoms with Crippen molar-refractivity contribution in [2.24, 2.45) is 0 Å². The lowest BCUT2D eigenvalue weighted by molar-refractivity contribution is -0.371. The van der Waals surface area contributed by atoms with Crippen molar-refractivity contribution in [3.05, 3.63) is 12.2 Å². The van der Waals surface area contributed by atoms with Crippen LogP contribution in [0.25, 0.3) is 0 Å². The summed E-state index contributed by atoms with van der Waals surface area (Å²) in [6.07, 6.45) is 2.21. The highest BCUT2D eigenvalue weighted by molar-refractivity contribution is 5.03. The summed E-state index contributed by atoms with van der Waals surface area (Å²) in [7, 11) is 0. The van der Waals surface area contributed by atoms with Crippen LogP contribution in [-0.2, 0) is 0 Å². The van der Waals surface area contributed by atoms with Gasteiger partial charge in [-0.15, -0.1) is 0 Å². The summed E-state index contributed by atoms with van der Waals surface area (Å²) in [4.78, 5) is 0. The first-order chi connectivity index (χ1) is 9.87. The first kappa shape index (κ1) is 21.1. The molecule has 0 saturated heterocycles. The molecule has 0 amide bonds. The number of hydrogen-bond donors (Lipinski definition) is 1. The standard InChI is InChI=1S/C13H18F8O/c1-2-3-4-5-6-7-8-10(14,15)12(18,19)13(20,21)11(16,17)9-22/h2-3,22H,4-9H2,1H3/b3-2+. The van der Waals surface area contributed by atoms with E-state index in [-0.39, 0.29) is 6.42 Å². The van der Waals surface area contributed by atoms with Crippen LogP contribution in [0.4, 0.5) is 35.1 Å². The number of alkyl halides is 8. The van der Waals surface area contributed by atoms with Crippen molar-refractivity contribution >= 4 is 0 Å². The smallest absolute Gasteiger partial charge is 0.380 e. The zero-order valence-electron chi connectivity index (χ0n) is 11.9. The molecule has 0 unspecified atom stereocenters. The van der Waals surface area contributed by atoms with Crippen molar-refractivity contribution in [1.82, 2.24) is 0 Å². The summed E-state index contributed by atoms with van der Waals surface area (Å²) in [6, 6.07) is 0. The normalized spacial score (nSPS) is 14.8. The molecule has 0 bridgehead atoms. The van der Waals surface area contributed by atoms with E-state index in [1.54, 1.807) is 19.1 Å². The topological polar surface area (TPSA) is 20.2 Å². The number of aliphatic hydroxyl groups excluding tert-OH is 1. The maximum atomic E-state index is 13.3. The Morgan fingerprint density at radius 1 is 0.773 bits per heavy atom. The largest absolute Gasteiger partial charge is 0.390 e. The van der Waals surface area contributed by atoms with Gasteiger partial charge in [0.15, 0.2) is 0 Å². The molecule has 0 aliphatic rings. The van der Waals surface area contributed by atoms with Crippen molar-refractivity contribution in [2.45, 2.75) is 62.7 Å². The molecule has 0 aromatic carbocycles. The molecule has 0 aromatic rings. The lowest BCUT2D eigenvalue weighted by atomic mass is 9.95. The number of aliphatic hydroxyl groups is 1. The van der Waals surface area contributed by atoms with Gasteiger partial charge in [-0.25, -0.2) is 0 Å². The molecule has 0 radical (unpaired) electrons. The van der Waals surface area contributed by atoms with Gasteiger partial charge in [0.05, 0.1) is 0 Å². The molecule has 0 aromatic heterocycles. The summed E-state index contributed by atoms with van der Waals surface area (Å²) in [5.74, 6) is -23.6. The fourth-order valence-corrected chi connectivity index (χ4v) is 1.67. The van der Waals surface area contributed by atoms with Gasteiger partial charge in [0.2, 0.25) is 0 Å². The van der Waals surface area contributed by atoms with Gasteiger partial charge >= 0.3 is 23.7 Å². The number of halogens is 8. The van der Waals surface area contributed by atoms with Crippen molar-refractivity contribution in [2.75, 3.05) is 6.61 Å². The minimum atomic E-state index is -6.36. The minimum Gasteiger partial charge on any atom is -0.390 e. The molecule has 1 nitrogen and oxygen atoms in total. The predicted molar refractivity (Wildman–Crippen MR) is 64.8 cm³/mol. The fourth-order valence-electron chi connectivity index (χ4n) is 1.67. The Morgan fingerprint density at radius 2 is 1.27 bits per heavy atom. The molecule has 0 fully saturated rings. The van der Waals surface area contributed by atoms with E-state index in [0.29, 0.717) is 12.8 Å². The molecule has 22 heavy (non-hydrogen) atoms. The second-order valence-corrected chi connectivity index (χ2v) is 4.88. The molecular weight excluding hydrogens is 324 g/mol. The summed E-state index contributed by atoms with van der Waals surface area (Å²) >= 11 is 0. The van der Waals surface area contributed by atoms with Crippen molar-refractivity contribution in [1.29, 1.82) is 0 Å². The average Bonchev–Trinajstić information content (AvgIpc) is 2.41. The zero-order valence-corrected chi connectivity index (χ0v) is 11.9. The second-order valence-electron chi connectivity index (χ2n) is 4.88. The van der Waals surface area contributed by atoms with Crippen LogP contribution < -0.4 is 0 Å². The lowest BCUT2D eigenvalue weighted by Gasteiger charge is -2.36. The third kappa shape index (κ3) is 4.33. The first-order valence-electron chi connectivity index (χ1n) is 6.60. The molecule has 0 saturated carbocycles. The van der Waals surface area contributed by atoms with Crippen molar-refractivity contribution < 1.29 is 40.2 Å². The van der Waals surface area contributed by atoms with Gasteiger partial charge in [-0.2, -0.15) is 35.1 Å². The molecule has 9 heteroatoms. The quantitative estimate of drug-likeness (QED) is 0.335. The van der Waals surface area contributed by atoms with Gasteiger partial charge in [0, 0.05) is 6.42 Å². The van der Waals surface area contributed by atoms with Crippen LogP contribution in [0, 0.1) is 0 Å². The van der Waals surface area contributed by atoms with Gasteiger partial charge < -0.3 is 5.11 Å². The first-order valence-corrected chi connectivity index (χ1v) is 6.60. The van der Waals surface area contributed by atoms with E-state index in [4.69, 9.17) is 5.11 Å².